The highest BCUT2D eigenvalue weighted by Gasteiger charge is 2.30. The van der Waals surface area contributed by atoms with Gasteiger partial charge in [-0.25, -0.2) is 0 Å². The second kappa shape index (κ2) is 5.48. The first-order valence-electron chi connectivity index (χ1n) is 6.71. The van der Waals surface area contributed by atoms with Crippen LogP contribution in [-0.4, -0.2) is 49.8 Å². The maximum absolute atomic E-state index is 5.40. The number of hydrogen-bond acceptors (Lipinski definition) is 3. The van der Waals surface area contributed by atoms with Gasteiger partial charge < -0.3 is 10.1 Å². The Morgan fingerprint density at radius 2 is 2.19 bits per heavy atom. The molecular formula is C13H26N2O. The van der Waals surface area contributed by atoms with Crippen LogP contribution in [0.5, 0.6) is 0 Å². The molecule has 0 aromatic heterocycles. The lowest BCUT2D eigenvalue weighted by Crippen LogP contribution is -2.47. The van der Waals surface area contributed by atoms with Gasteiger partial charge in [0.25, 0.3) is 0 Å². The molecule has 16 heavy (non-hydrogen) atoms. The predicted molar refractivity (Wildman–Crippen MR) is 66.6 cm³/mol. The summed E-state index contributed by atoms with van der Waals surface area (Å²) in [6, 6.07) is 1.38. The third-order valence-electron chi connectivity index (χ3n) is 4.47. The molecule has 2 aliphatic rings. The van der Waals surface area contributed by atoms with Crippen LogP contribution in [0.4, 0.5) is 0 Å². The van der Waals surface area contributed by atoms with Gasteiger partial charge in [-0.2, -0.15) is 0 Å². The molecule has 2 fully saturated rings. The van der Waals surface area contributed by atoms with E-state index < -0.39 is 0 Å². The fourth-order valence-electron chi connectivity index (χ4n) is 3.06. The van der Waals surface area contributed by atoms with Gasteiger partial charge in [0, 0.05) is 32.3 Å². The Bertz CT molecular complexity index is 222. The van der Waals surface area contributed by atoms with E-state index in [0.717, 1.165) is 18.5 Å². The molecule has 2 aliphatic heterocycles. The summed E-state index contributed by atoms with van der Waals surface area (Å²) < 4.78 is 5.40. The fraction of sp³-hybridized carbons (Fsp3) is 1.00. The zero-order valence-corrected chi connectivity index (χ0v) is 10.9. The monoisotopic (exact) mass is 226 g/mol. The van der Waals surface area contributed by atoms with Gasteiger partial charge in [0.2, 0.25) is 0 Å². The van der Waals surface area contributed by atoms with Crippen molar-refractivity contribution >= 4 is 0 Å². The van der Waals surface area contributed by atoms with E-state index in [0.29, 0.717) is 12.1 Å². The van der Waals surface area contributed by atoms with Crippen molar-refractivity contribution < 1.29 is 4.74 Å². The molecule has 0 radical (unpaired) electrons. The second-order valence-corrected chi connectivity index (χ2v) is 5.55. The third-order valence-corrected chi connectivity index (χ3v) is 4.47. The number of piperidine rings is 1. The highest BCUT2D eigenvalue weighted by atomic mass is 16.5. The van der Waals surface area contributed by atoms with Gasteiger partial charge in [-0.3, -0.25) is 4.90 Å². The van der Waals surface area contributed by atoms with Crippen molar-refractivity contribution in [3.63, 3.8) is 0 Å². The zero-order valence-electron chi connectivity index (χ0n) is 10.9. The van der Waals surface area contributed by atoms with E-state index in [9.17, 15) is 0 Å². The molecule has 4 unspecified atom stereocenters. The summed E-state index contributed by atoms with van der Waals surface area (Å²) in [4.78, 5) is 2.66. The van der Waals surface area contributed by atoms with Gasteiger partial charge in [-0.05, 0) is 38.6 Å². The third kappa shape index (κ3) is 2.76. The standard InChI is InChI=1S/C13H26N2O/c1-10-5-4-6-15(11(10)2)9-12-7-13(16-3)8-14-12/h10-14H,4-9H2,1-3H3. The Kier molecular flexibility index (Phi) is 4.22. The molecule has 3 heteroatoms. The zero-order chi connectivity index (χ0) is 11.5. The van der Waals surface area contributed by atoms with Gasteiger partial charge in [0.15, 0.2) is 0 Å². The Hall–Kier alpha value is -0.120. The summed E-state index contributed by atoms with van der Waals surface area (Å²) >= 11 is 0. The minimum Gasteiger partial charge on any atom is -0.380 e. The van der Waals surface area contributed by atoms with Crippen molar-refractivity contribution in [2.75, 3.05) is 26.7 Å². The fourth-order valence-corrected chi connectivity index (χ4v) is 3.06. The van der Waals surface area contributed by atoms with Crippen molar-refractivity contribution in [2.45, 2.75) is 51.3 Å². The molecular weight excluding hydrogens is 200 g/mol. The lowest BCUT2D eigenvalue weighted by atomic mass is 9.91. The first kappa shape index (κ1) is 12.3. The Labute approximate surface area is 99.5 Å². The van der Waals surface area contributed by atoms with E-state index in [-0.39, 0.29) is 0 Å². The number of likely N-dealkylation sites (tertiary alicyclic amines) is 1. The summed E-state index contributed by atoms with van der Waals surface area (Å²) in [6.45, 7) is 8.27. The lowest BCUT2D eigenvalue weighted by molar-refractivity contribution is 0.0946. The highest BCUT2D eigenvalue weighted by molar-refractivity contribution is 4.87. The Morgan fingerprint density at radius 1 is 1.38 bits per heavy atom. The molecule has 0 aliphatic carbocycles. The van der Waals surface area contributed by atoms with Crippen LogP contribution < -0.4 is 5.32 Å². The van der Waals surface area contributed by atoms with Crippen molar-refractivity contribution in [1.29, 1.82) is 0 Å². The van der Waals surface area contributed by atoms with Crippen LogP contribution in [0, 0.1) is 5.92 Å². The van der Waals surface area contributed by atoms with Gasteiger partial charge in [-0.1, -0.05) is 6.92 Å². The number of ether oxygens (including phenoxy) is 1. The first-order valence-corrected chi connectivity index (χ1v) is 6.71. The van der Waals surface area contributed by atoms with Crippen LogP contribution in [-0.2, 0) is 4.74 Å². The van der Waals surface area contributed by atoms with Crippen molar-refractivity contribution in [3.8, 4) is 0 Å². The second-order valence-electron chi connectivity index (χ2n) is 5.55. The number of nitrogens with one attached hydrogen (secondary N) is 1. The van der Waals surface area contributed by atoms with E-state index >= 15 is 0 Å². The minimum atomic E-state index is 0.433. The minimum absolute atomic E-state index is 0.433. The maximum atomic E-state index is 5.40. The number of hydrogen-bond donors (Lipinski definition) is 1. The molecule has 0 spiro atoms. The van der Waals surface area contributed by atoms with Gasteiger partial charge >= 0.3 is 0 Å². The van der Waals surface area contributed by atoms with E-state index in [4.69, 9.17) is 4.74 Å². The van der Waals surface area contributed by atoms with Crippen LogP contribution in [0.1, 0.15) is 33.1 Å². The molecule has 2 rings (SSSR count). The normalized spacial score (nSPS) is 41.4. The molecule has 0 amide bonds. The van der Waals surface area contributed by atoms with E-state index in [2.05, 4.69) is 24.1 Å². The van der Waals surface area contributed by atoms with Crippen molar-refractivity contribution in [1.82, 2.24) is 10.2 Å². The van der Waals surface area contributed by atoms with Crippen LogP contribution >= 0.6 is 0 Å². The predicted octanol–water partition coefficient (Wildman–Crippen LogP) is 1.48. The molecule has 4 atom stereocenters. The SMILES string of the molecule is COC1CNC(CN2CCCC(C)C2C)C1. The topological polar surface area (TPSA) is 24.5 Å². The highest BCUT2D eigenvalue weighted by Crippen LogP contribution is 2.24. The number of methoxy groups -OCH3 is 1. The number of rotatable bonds is 3. The largest absolute Gasteiger partial charge is 0.380 e. The summed E-state index contributed by atoms with van der Waals surface area (Å²) in [7, 11) is 1.82. The summed E-state index contributed by atoms with van der Waals surface area (Å²) in [6.07, 6.45) is 4.37. The van der Waals surface area contributed by atoms with Crippen LogP contribution in [0.15, 0.2) is 0 Å². The average molecular weight is 226 g/mol. The summed E-state index contributed by atoms with van der Waals surface area (Å²) in [5.41, 5.74) is 0. The number of nitrogens with zero attached hydrogens (tertiary/aromatic N) is 1. The van der Waals surface area contributed by atoms with E-state index in [1.54, 1.807) is 0 Å². The molecule has 1 N–H and O–H groups in total. The Balaban J connectivity index is 1.80. The molecule has 0 aromatic rings. The van der Waals surface area contributed by atoms with Crippen LogP contribution in [0.25, 0.3) is 0 Å². The van der Waals surface area contributed by atoms with Crippen LogP contribution in [0.3, 0.4) is 0 Å². The van der Waals surface area contributed by atoms with Crippen molar-refractivity contribution in [3.05, 3.63) is 0 Å². The average Bonchev–Trinajstić information content (AvgIpc) is 2.73. The lowest BCUT2D eigenvalue weighted by Gasteiger charge is -2.39. The van der Waals surface area contributed by atoms with Gasteiger partial charge in [0.1, 0.15) is 0 Å². The van der Waals surface area contributed by atoms with Gasteiger partial charge in [-0.15, -0.1) is 0 Å². The van der Waals surface area contributed by atoms with E-state index in [1.165, 1.54) is 32.4 Å². The first-order chi connectivity index (χ1) is 7.70. The molecule has 2 heterocycles. The molecule has 3 nitrogen and oxygen atoms in total. The molecule has 94 valence electrons. The molecule has 0 bridgehead atoms. The molecule has 0 saturated carbocycles. The van der Waals surface area contributed by atoms with Crippen LogP contribution in [0.2, 0.25) is 0 Å². The Morgan fingerprint density at radius 3 is 2.88 bits per heavy atom. The molecule has 0 aromatic carbocycles. The van der Waals surface area contributed by atoms with Gasteiger partial charge in [0.05, 0.1) is 6.10 Å². The summed E-state index contributed by atoms with van der Waals surface area (Å²) in [5, 5.41) is 3.57. The van der Waals surface area contributed by atoms with E-state index in [1.807, 2.05) is 7.11 Å². The maximum Gasteiger partial charge on any atom is 0.0711 e. The smallest absolute Gasteiger partial charge is 0.0711 e. The van der Waals surface area contributed by atoms with Crippen molar-refractivity contribution in [2.24, 2.45) is 5.92 Å². The quantitative estimate of drug-likeness (QED) is 0.789. The summed E-state index contributed by atoms with van der Waals surface area (Å²) in [5.74, 6) is 0.855. The molecule has 2 saturated heterocycles.